The molecule has 0 saturated carbocycles. The van der Waals surface area contributed by atoms with E-state index in [1.165, 1.54) is 18.2 Å². The van der Waals surface area contributed by atoms with Crippen molar-refractivity contribution in [2.24, 2.45) is 0 Å². The van der Waals surface area contributed by atoms with Gasteiger partial charge in [-0.15, -0.1) is 0 Å². The van der Waals surface area contributed by atoms with Crippen LogP contribution in [-0.2, 0) is 19.6 Å². The third-order valence-corrected chi connectivity index (χ3v) is 5.68. The summed E-state index contributed by atoms with van der Waals surface area (Å²) in [5, 5.41) is 2.26. The molecule has 1 amide bonds. The molecule has 1 aromatic carbocycles. The molecule has 1 saturated heterocycles. The molecule has 0 unspecified atom stereocenters. The maximum atomic E-state index is 13.7. The zero-order valence-corrected chi connectivity index (χ0v) is 13.8. The van der Waals surface area contributed by atoms with E-state index in [1.54, 1.807) is 0 Å². The molecule has 0 aromatic heterocycles. The van der Waals surface area contributed by atoms with Gasteiger partial charge in [0.05, 0.1) is 16.6 Å². The largest absolute Gasteiger partial charge is 0.324 e. The maximum absolute atomic E-state index is 13.7. The van der Waals surface area contributed by atoms with E-state index in [-0.39, 0.29) is 22.9 Å². The smallest absolute Gasteiger partial charge is 0.243 e. The van der Waals surface area contributed by atoms with Crippen molar-refractivity contribution < 1.29 is 22.4 Å². The van der Waals surface area contributed by atoms with Crippen LogP contribution in [0.25, 0.3) is 0 Å². The molecule has 0 radical (unpaired) electrons. The first-order valence-electron chi connectivity index (χ1n) is 7.33. The maximum Gasteiger partial charge on any atom is 0.243 e. The number of halogens is 1. The number of carbonyl (C=O) groups is 2. The SMILES string of the molecule is CC(=O)Nc1cc(S(=O)(=O)N2CCCC[C@H]2C(C)=O)ccc1F. The van der Waals surface area contributed by atoms with Crippen molar-refractivity contribution in [2.75, 3.05) is 11.9 Å². The van der Waals surface area contributed by atoms with Gasteiger partial charge in [-0.3, -0.25) is 9.59 Å². The predicted molar refractivity (Wildman–Crippen MR) is 82.9 cm³/mol. The molecule has 23 heavy (non-hydrogen) atoms. The van der Waals surface area contributed by atoms with Gasteiger partial charge in [-0.2, -0.15) is 4.31 Å². The summed E-state index contributed by atoms with van der Waals surface area (Å²) in [6.07, 6.45) is 1.94. The van der Waals surface area contributed by atoms with Gasteiger partial charge >= 0.3 is 0 Å². The molecule has 2 rings (SSSR count). The summed E-state index contributed by atoms with van der Waals surface area (Å²) in [7, 11) is -3.94. The van der Waals surface area contributed by atoms with Gasteiger partial charge in [0.25, 0.3) is 0 Å². The highest BCUT2D eigenvalue weighted by Gasteiger charge is 2.36. The Kier molecular flexibility index (Phi) is 5.16. The average molecular weight is 342 g/mol. The van der Waals surface area contributed by atoms with Gasteiger partial charge in [0.1, 0.15) is 11.6 Å². The van der Waals surface area contributed by atoms with Crippen LogP contribution in [0.3, 0.4) is 0 Å². The van der Waals surface area contributed by atoms with Crippen LogP contribution in [0.15, 0.2) is 23.1 Å². The Morgan fingerprint density at radius 1 is 1.26 bits per heavy atom. The van der Waals surface area contributed by atoms with Crippen LogP contribution >= 0.6 is 0 Å². The van der Waals surface area contributed by atoms with Crippen LogP contribution in [0.4, 0.5) is 10.1 Å². The highest BCUT2D eigenvalue weighted by atomic mass is 32.2. The molecule has 1 heterocycles. The summed E-state index contributed by atoms with van der Waals surface area (Å²) in [6.45, 7) is 2.82. The number of piperidine rings is 1. The summed E-state index contributed by atoms with van der Waals surface area (Å²) in [4.78, 5) is 22.7. The van der Waals surface area contributed by atoms with Gasteiger partial charge in [-0.1, -0.05) is 6.42 Å². The van der Waals surface area contributed by atoms with Crippen LogP contribution in [0.1, 0.15) is 33.1 Å². The lowest BCUT2D eigenvalue weighted by atomic mass is 10.0. The van der Waals surface area contributed by atoms with E-state index in [1.807, 2.05) is 0 Å². The number of hydrogen-bond acceptors (Lipinski definition) is 4. The Balaban J connectivity index is 2.42. The number of Topliss-reactive ketones (excluding diaryl/α,β-unsaturated/α-hetero) is 1. The topological polar surface area (TPSA) is 83.6 Å². The molecule has 1 aliphatic rings. The fraction of sp³-hybridized carbons (Fsp3) is 0.467. The standard InChI is InChI=1S/C15H19FN2O4S/c1-10(19)15-5-3-4-8-18(15)23(21,22)12-6-7-13(16)14(9-12)17-11(2)20/h6-7,9,15H,3-5,8H2,1-2H3,(H,17,20)/t15-/m0/s1. The number of nitrogens with one attached hydrogen (secondary N) is 1. The summed E-state index contributed by atoms with van der Waals surface area (Å²) >= 11 is 0. The van der Waals surface area contributed by atoms with Crippen molar-refractivity contribution in [2.45, 2.75) is 44.0 Å². The summed E-state index contributed by atoms with van der Waals surface area (Å²) < 4.78 is 40.4. The Bertz CT molecular complexity index is 733. The molecule has 0 spiro atoms. The second-order valence-corrected chi connectivity index (χ2v) is 7.45. The first kappa shape index (κ1) is 17.6. The van der Waals surface area contributed by atoms with Crippen LogP contribution in [0.5, 0.6) is 0 Å². The fourth-order valence-electron chi connectivity index (χ4n) is 2.68. The quantitative estimate of drug-likeness (QED) is 0.906. The van der Waals surface area contributed by atoms with E-state index in [2.05, 4.69) is 5.32 Å². The molecular formula is C15H19FN2O4S. The molecule has 126 valence electrons. The van der Waals surface area contributed by atoms with Crippen LogP contribution in [0, 0.1) is 5.82 Å². The molecule has 1 N–H and O–H groups in total. The van der Waals surface area contributed by atoms with Crippen LogP contribution in [0.2, 0.25) is 0 Å². The van der Waals surface area contributed by atoms with E-state index in [4.69, 9.17) is 0 Å². The predicted octanol–water partition coefficient (Wildman–Crippen LogP) is 1.92. The Hall–Kier alpha value is -1.80. The average Bonchev–Trinajstić information content (AvgIpc) is 2.48. The molecule has 0 aliphatic carbocycles. The van der Waals surface area contributed by atoms with Crippen molar-refractivity contribution in [3.63, 3.8) is 0 Å². The number of carbonyl (C=O) groups excluding carboxylic acids is 2. The number of amides is 1. The second kappa shape index (κ2) is 6.76. The third kappa shape index (κ3) is 3.76. The number of benzene rings is 1. The number of rotatable bonds is 4. The van der Waals surface area contributed by atoms with E-state index in [0.29, 0.717) is 12.8 Å². The number of hydrogen-bond donors (Lipinski definition) is 1. The van der Waals surface area contributed by atoms with Gasteiger partial charge in [0.15, 0.2) is 0 Å². The van der Waals surface area contributed by atoms with Crippen molar-refractivity contribution >= 4 is 27.4 Å². The first-order chi connectivity index (χ1) is 10.7. The molecule has 1 aromatic rings. The van der Waals surface area contributed by atoms with Gasteiger partial charge in [-0.05, 0) is 38.0 Å². The highest BCUT2D eigenvalue weighted by Crippen LogP contribution is 2.28. The lowest BCUT2D eigenvalue weighted by molar-refractivity contribution is -0.121. The number of sulfonamides is 1. The van der Waals surface area contributed by atoms with Crippen molar-refractivity contribution in [1.82, 2.24) is 4.31 Å². The van der Waals surface area contributed by atoms with E-state index in [0.717, 1.165) is 24.6 Å². The molecule has 1 fully saturated rings. The first-order valence-corrected chi connectivity index (χ1v) is 8.77. The molecule has 8 heteroatoms. The molecular weight excluding hydrogens is 323 g/mol. The highest BCUT2D eigenvalue weighted by molar-refractivity contribution is 7.89. The van der Waals surface area contributed by atoms with E-state index in [9.17, 15) is 22.4 Å². The lowest BCUT2D eigenvalue weighted by Crippen LogP contribution is -2.47. The summed E-state index contributed by atoms with van der Waals surface area (Å²) in [5.41, 5.74) is -0.199. The lowest BCUT2D eigenvalue weighted by Gasteiger charge is -2.33. The number of ketones is 1. The molecule has 6 nitrogen and oxygen atoms in total. The molecule has 0 bridgehead atoms. The van der Waals surface area contributed by atoms with Gasteiger partial charge in [0.2, 0.25) is 15.9 Å². The Labute approximate surface area is 134 Å². The minimum Gasteiger partial charge on any atom is -0.324 e. The van der Waals surface area contributed by atoms with Gasteiger partial charge in [-0.25, -0.2) is 12.8 Å². The van der Waals surface area contributed by atoms with Gasteiger partial charge < -0.3 is 5.32 Å². The number of anilines is 1. The van der Waals surface area contributed by atoms with Crippen molar-refractivity contribution in [3.05, 3.63) is 24.0 Å². The Morgan fingerprint density at radius 3 is 2.57 bits per heavy atom. The van der Waals surface area contributed by atoms with E-state index < -0.39 is 27.8 Å². The zero-order valence-electron chi connectivity index (χ0n) is 13.0. The zero-order chi connectivity index (χ0) is 17.2. The monoisotopic (exact) mass is 342 g/mol. The Morgan fingerprint density at radius 2 is 1.96 bits per heavy atom. The van der Waals surface area contributed by atoms with Crippen molar-refractivity contribution in [1.29, 1.82) is 0 Å². The minimum absolute atomic E-state index is 0.143. The van der Waals surface area contributed by atoms with Crippen molar-refractivity contribution in [3.8, 4) is 0 Å². The second-order valence-electron chi connectivity index (χ2n) is 5.56. The minimum atomic E-state index is -3.94. The summed E-state index contributed by atoms with van der Waals surface area (Å²) in [5.74, 6) is -1.43. The van der Waals surface area contributed by atoms with Crippen LogP contribution in [-0.4, -0.2) is 37.0 Å². The van der Waals surface area contributed by atoms with E-state index >= 15 is 0 Å². The normalized spacial score (nSPS) is 19.3. The third-order valence-electron chi connectivity index (χ3n) is 3.78. The molecule has 1 aliphatic heterocycles. The number of nitrogens with zero attached hydrogens (tertiary/aromatic N) is 1. The van der Waals surface area contributed by atoms with Crippen LogP contribution < -0.4 is 5.32 Å². The summed E-state index contributed by atoms with van der Waals surface area (Å²) in [6, 6.07) is 2.52. The fourth-order valence-corrected chi connectivity index (χ4v) is 4.42. The van der Waals surface area contributed by atoms with Gasteiger partial charge in [0, 0.05) is 13.5 Å². The molecule has 1 atom stereocenters.